The minimum Gasteiger partial charge on any atom is -0.409 e. The third kappa shape index (κ3) is 4.94. The summed E-state index contributed by atoms with van der Waals surface area (Å²) in [7, 11) is 0. The van der Waals surface area contributed by atoms with E-state index in [1.807, 2.05) is 30.3 Å². The molecule has 1 aliphatic rings. The number of benzene rings is 1. The maximum Gasteiger partial charge on any atom is 0.415 e. The van der Waals surface area contributed by atoms with Gasteiger partial charge in [0.25, 0.3) is 0 Å². The fourth-order valence-corrected chi connectivity index (χ4v) is 2.72. The highest BCUT2D eigenvalue weighted by Gasteiger charge is 2.24. The number of nitrogens with zero attached hydrogens (tertiary/aromatic N) is 3. The summed E-state index contributed by atoms with van der Waals surface area (Å²) in [5.74, 6) is -0.609. The Morgan fingerprint density at radius 3 is 2.36 bits per heavy atom. The first kappa shape index (κ1) is 19.1. The first-order valence-corrected chi connectivity index (χ1v) is 8.76. The van der Waals surface area contributed by atoms with Gasteiger partial charge in [-0.2, -0.15) is 0 Å². The molecule has 1 aliphatic heterocycles. The molecule has 0 saturated carbocycles. The van der Waals surface area contributed by atoms with Crippen LogP contribution in [0, 0.1) is 0 Å². The SMILES string of the molecule is NC(=O)c1cncc(OC(=O)N2CCN(C(=O)/C=C/c3ccccc3)CC2)c1. The van der Waals surface area contributed by atoms with Crippen LogP contribution in [-0.4, -0.2) is 58.9 Å². The number of carbonyl (C=O) groups excluding carboxylic acids is 3. The van der Waals surface area contributed by atoms with Crippen molar-refractivity contribution < 1.29 is 19.1 Å². The number of hydrogen-bond acceptors (Lipinski definition) is 5. The van der Waals surface area contributed by atoms with Crippen LogP contribution in [0.2, 0.25) is 0 Å². The van der Waals surface area contributed by atoms with Gasteiger partial charge in [0, 0.05) is 38.5 Å². The van der Waals surface area contributed by atoms with Crippen molar-refractivity contribution in [2.24, 2.45) is 5.73 Å². The minimum absolute atomic E-state index is 0.102. The highest BCUT2D eigenvalue weighted by atomic mass is 16.6. The Labute approximate surface area is 162 Å². The van der Waals surface area contributed by atoms with Crippen molar-refractivity contribution in [1.82, 2.24) is 14.8 Å². The largest absolute Gasteiger partial charge is 0.415 e. The van der Waals surface area contributed by atoms with E-state index in [0.29, 0.717) is 26.2 Å². The second kappa shape index (κ2) is 8.81. The van der Waals surface area contributed by atoms with Crippen molar-refractivity contribution in [1.29, 1.82) is 0 Å². The Kier molecular flexibility index (Phi) is 6.01. The summed E-state index contributed by atoms with van der Waals surface area (Å²) >= 11 is 0. The minimum atomic E-state index is -0.652. The normalized spacial score (nSPS) is 14.1. The molecule has 0 bridgehead atoms. The summed E-state index contributed by atoms with van der Waals surface area (Å²) in [4.78, 5) is 42.8. The predicted molar refractivity (Wildman–Crippen MR) is 102 cm³/mol. The van der Waals surface area contributed by atoms with Gasteiger partial charge in [0.2, 0.25) is 11.8 Å². The lowest BCUT2D eigenvalue weighted by Crippen LogP contribution is -2.51. The lowest BCUT2D eigenvalue weighted by Gasteiger charge is -2.33. The Morgan fingerprint density at radius 1 is 1.00 bits per heavy atom. The molecule has 2 aromatic rings. The predicted octanol–water partition coefficient (Wildman–Crippen LogP) is 1.54. The van der Waals surface area contributed by atoms with Crippen molar-refractivity contribution in [3.63, 3.8) is 0 Å². The lowest BCUT2D eigenvalue weighted by atomic mass is 10.2. The number of rotatable bonds is 4. The lowest BCUT2D eigenvalue weighted by molar-refractivity contribution is -0.127. The van der Waals surface area contributed by atoms with Crippen LogP contribution in [0.25, 0.3) is 6.08 Å². The zero-order valence-corrected chi connectivity index (χ0v) is 15.2. The van der Waals surface area contributed by atoms with Gasteiger partial charge >= 0.3 is 6.09 Å². The van der Waals surface area contributed by atoms with E-state index in [1.165, 1.54) is 29.4 Å². The van der Waals surface area contributed by atoms with E-state index in [1.54, 1.807) is 11.0 Å². The summed E-state index contributed by atoms with van der Waals surface area (Å²) in [6, 6.07) is 10.9. The van der Waals surface area contributed by atoms with Gasteiger partial charge in [-0.1, -0.05) is 30.3 Å². The topological polar surface area (TPSA) is 106 Å². The number of piperazine rings is 1. The van der Waals surface area contributed by atoms with Gasteiger partial charge in [0.1, 0.15) is 0 Å². The zero-order chi connectivity index (χ0) is 19.9. The fraction of sp³-hybridized carbons (Fsp3) is 0.200. The molecular weight excluding hydrogens is 360 g/mol. The van der Waals surface area contributed by atoms with Crippen molar-refractivity contribution in [2.45, 2.75) is 0 Å². The van der Waals surface area contributed by atoms with Gasteiger partial charge in [-0.25, -0.2) is 4.79 Å². The molecule has 8 nitrogen and oxygen atoms in total. The monoisotopic (exact) mass is 380 g/mol. The highest BCUT2D eigenvalue weighted by Crippen LogP contribution is 2.13. The summed E-state index contributed by atoms with van der Waals surface area (Å²) < 4.78 is 5.25. The van der Waals surface area contributed by atoms with E-state index >= 15 is 0 Å². The molecule has 1 saturated heterocycles. The number of amides is 3. The van der Waals surface area contributed by atoms with E-state index in [4.69, 9.17) is 10.5 Å². The second-order valence-corrected chi connectivity index (χ2v) is 6.20. The third-order valence-corrected chi connectivity index (χ3v) is 4.27. The Hall–Kier alpha value is -3.68. The summed E-state index contributed by atoms with van der Waals surface area (Å²) in [5.41, 5.74) is 6.30. The molecule has 8 heteroatoms. The van der Waals surface area contributed by atoms with Gasteiger partial charge < -0.3 is 20.3 Å². The Morgan fingerprint density at radius 2 is 1.68 bits per heavy atom. The van der Waals surface area contributed by atoms with Crippen molar-refractivity contribution in [3.05, 3.63) is 66.0 Å². The van der Waals surface area contributed by atoms with Crippen LogP contribution in [0.4, 0.5) is 4.79 Å². The standard InChI is InChI=1S/C20H20N4O4/c21-19(26)16-12-17(14-22-13-16)28-20(27)24-10-8-23(9-11-24)18(25)7-6-15-4-2-1-3-5-15/h1-7,12-14H,8-11H2,(H2,21,26)/b7-6+. The number of primary amides is 1. The second-order valence-electron chi connectivity index (χ2n) is 6.20. The summed E-state index contributed by atoms with van der Waals surface area (Å²) in [5, 5.41) is 0. The van der Waals surface area contributed by atoms with Crippen LogP contribution < -0.4 is 10.5 Å². The quantitative estimate of drug-likeness (QED) is 0.810. The average molecular weight is 380 g/mol. The van der Waals surface area contributed by atoms with E-state index in [2.05, 4.69) is 4.98 Å². The van der Waals surface area contributed by atoms with Crippen LogP contribution in [0.5, 0.6) is 5.75 Å². The van der Waals surface area contributed by atoms with Gasteiger partial charge in [0.05, 0.1) is 11.8 Å². The smallest absolute Gasteiger partial charge is 0.409 e. The van der Waals surface area contributed by atoms with E-state index in [9.17, 15) is 14.4 Å². The Bertz CT molecular complexity index is 890. The molecule has 0 radical (unpaired) electrons. The molecule has 2 N–H and O–H groups in total. The first-order valence-electron chi connectivity index (χ1n) is 8.76. The number of aromatic nitrogens is 1. The molecule has 1 aromatic carbocycles. The first-order chi connectivity index (χ1) is 13.5. The van der Waals surface area contributed by atoms with Gasteiger partial charge in [-0.15, -0.1) is 0 Å². The molecule has 2 heterocycles. The Balaban J connectivity index is 1.51. The number of hydrogen-bond donors (Lipinski definition) is 1. The molecule has 0 unspecified atom stereocenters. The molecule has 0 spiro atoms. The van der Waals surface area contributed by atoms with Crippen LogP contribution in [0.3, 0.4) is 0 Å². The summed E-state index contributed by atoms with van der Waals surface area (Å²) in [6.45, 7) is 1.53. The summed E-state index contributed by atoms with van der Waals surface area (Å²) in [6.07, 6.45) is 5.37. The molecule has 28 heavy (non-hydrogen) atoms. The number of nitrogens with two attached hydrogens (primary N) is 1. The maximum atomic E-state index is 12.3. The number of ether oxygens (including phenoxy) is 1. The van der Waals surface area contributed by atoms with Crippen molar-refractivity contribution in [2.75, 3.05) is 26.2 Å². The number of carbonyl (C=O) groups is 3. The molecule has 3 amide bonds. The van der Waals surface area contributed by atoms with Gasteiger partial charge in [-0.05, 0) is 17.7 Å². The molecule has 3 rings (SSSR count). The van der Waals surface area contributed by atoms with Crippen molar-refractivity contribution >= 4 is 24.0 Å². The zero-order valence-electron chi connectivity index (χ0n) is 15.2. The van der Waals surface area contributed by atoms with Crippen molar-refractivity contribution in [3.8, 4) is 5.75 Å². The molecule has 0 atom stereocenters. The van der Waals surface area contributed by atoms with Crippen LogP contribution in [0.15, 0.2) is 54.9 Å². The average Bonchev–Trinajstić information content (AvgIpc) is 2.73. The highest BCUT2D eigenvalue weighted by molar-refractivity contribution is 5.93. The van der Waals surface area contributed by atoms with Gasteiger partial charge in [-0.3, -0.25) is 14.6 Å². The third-order valence-electron chi connectivity index (χ3n) is 4.27. The molecule has 0 aliphatic carbocycles. The van der Waals surface area contributed by atoms with E-state index < -0.39 is 12.0 Å². The van der Waals surface area contributed by atoms with Crippen LogP contribution >= 0.6 is 0 Å². The molecule has 1 aromatic heterocycles. The van der Waals surface area contributed by atoms with Crippen LogP contribution in [0.1, 0.15) is 15.9 Å². The number of pyridine rings is 1. The van der Waals surface area contributed by atoms with Crippen LogP contribution in [-0.2, 0) is 4.79 Å². The fourth-order valence-electron chi connectivity index (χ4n) is 2.72. The molecule has 144 valence electrons. The maximum absolute atomic E-state index is 12.3. The van der Waals surface area contributed by atoms with Gasteiger partial charge in [0.15, 0.2) is 5.75 Å². The molecule has 1 fully saturated rings. The van der Waals surface area contributed by atoms with E-state index in [0.717, 1.165) is 5.56 Å². The molecular formula is C20H20N4O4. The van der Waals surface area contributed by atoms with E-state index in [-0.39, 0.29) is 17.2 Å².